The highest BCUT2D eigenvalue weighted by Gasteiger charge is 2.01. The number of nitrogens with one attached hydrogen (secondary N) is 1. The summed E-state index contributed by atoms with van der Waals surface area (Å²) in [6, 6.07) is 7.79. The SMILES string of the molecule is COCC(O)CNc1ccc(Br)cc1. The number of anilines is 1. The van der Waals surface area contributed by atoms with Gasteiger partial charge in [0.15, 0.2) is 0 Å². The van der Waals surface area contributed by atoms with E-state index in [1.807, 2.05) is 24.3 Å². The Morgan fingerprint density at radius 1 is 1.43 bits per heavy atom. The van der Waals surface area contributed by atoms with Crippen LogP contribution in [0.2, 0.25) is 0 Å². The second-order valence-electron chi connectivity index (χ2n) is 3.00. The highest BCUT2D eigenvalue weighted by molar-refractivity contribution is 9.10. The maximum atomic E-state index is 9.37. The molecule has 0 spiro atoms. The Hall–Kier alpha value is -0.580. The molecule has 1 aromatic carbocycles. The lowest BCUT2D eigenvalue weighted by Gasteiger charge is -2.11. The Bertz CT molecular complexity index is 263. The minimum Gasteiger partial charge on any atom is -0.389 e. The second kappa shape index (κ2) is 6.01. The Labute approximate surface area is 92.2 Å². The van der Waals surface area contributed by atoms with Gasteiger partial charge in [0, 0.05) is 23.8 Å². The van der Waals surface area contributed by atoms with Gasteiger partial charge in [0.05, 0.1) is 12.7 Å². The van der Waals surface area contributed by atoms with Crippen LogP contribution in [0.4, 0.5) is 5.69 Å². The molecule has 0 aliphatic heterocycles. The predicted molar refractivity (Wildman–Crippen MR) is 60.5 cm³/mol. The zero-order valence-electron chi connectivity index (χ0n) is 8.03. The molecule has 1 rings (SSSR count). The first kappa shape index (κ1) is 11.5. The van der Waals surface area contributed by atoms with E-state index in [0.29, 0.717) is 13.2 Å². The normalized spacial score (nSPS) is 12.5. The molecule has 0 aromatic heterocycles. The number of ether oxygens (including phenoxy) is 1. The monoisotopic (exact) mass is 259 g/mol. The Morgan fingerprint density at radius 3 is 2.64 bits per heavy atom. The van der Waals surface area contributed by atoms with Crippen molar-refractivity contribution < 1.29 is 9.84 Å². The van der Waals surface area contributed by atoms with Crippen LogP contribution in [0.5, 0.6) is 0 Å². The van der Waals surface area contributed by atoms with Crippen molar-refractivity contribution in [3.05, 3.63) is 28.7 Å². The standard InChI is InChI=1S/C10H14BrNO2/c1-14-7-10(13)6-12-9-4-2-8(11)3-5-9/h2-5,10,12-13H,6-7H2,1H3. The molecule has 0 saturated carbocycles. The smallest absolute Gasteiger partial charge is 0.0945 e. The van der Waals surface area contributed by atoms with E-state index in [0.717, 1.165) is 10.2 Å². The molecular weight excluding hydrogens is 246 g/mol. The van der Waals surface area contributed by atoms with Crippen molar-refractivity contribution in [1.82, 2.24) is 0 Å². The minimum atomic E-state index is -0.469. The number of benzene rings is 1. The highest BCUT2D eigenvalue weighted by atomic mass is 79.9. The summed E-state index contributed by atoms with van der Waals surface area (Å²) in [5, 5.41) is 12.5. The summed E-state index contributed by atoms with van der Waals surface area (Å²) in [5.41, 5.74) is 0.989. The van der Waals surface area contributed by atoms with Crippen molar-refractivity contribution in [3.8, 4) is 0 Å². The van der Waals surface area contributed by atoms with Gasteiger partial charge < -0.3 is 15.2 Å². The van der Waals surface area contributed by atoms with Crippen LogP contribution in [0.1, 0.15) is 0 Å². The van der Waals surface area contributed by atoms with Gasteiger partial charge in [-0.1, -0.05) is 15.9 Å². The number of aliphatic hydroxyl groups excluding tert-OH is 1. The summed E-state index contributed by atoms with van der Waals surface area (Å²) >= 11 is 3.35. The van der Waals surface area contributed by atoms with E-state index in [1.54, 1.807) is 7.11 Å². The molecule has 3 nitrogen and oxygen atoms in total. The molecule has 14 heavy (non-hydrogen) atoms. The Balaban J connectivity index is 2.34. The van der Waals surface area contributed by atoms with Gasteiger partial charge in [0.25, 0.3) is 0 Å². The summed E-state index contributed by atoms with van der Waals surface area (Å²) < 4.78 is 5.86. The molecule has 0 bridgehead atoms. The third kappa shape index (κ3) is 4.09. The number of hydrogen-bond donors (Lipinski definition) is 2. The van der Waals surface area contributed by atoms with Crippen LogP contribution in [0.25, 0.3) is 0 Å². The molecule has 1 aromatic rings. The summed E-state index contributed by atoms with van der Waals surface area (Å²) in [5.74, 6) is 0. The van der Waals surface area contributed by atoms with E-state index in [-0.39, 0.29) is 0 Å². The zero-order valence-corrected chi connectivity index (χ0v) is 9.62. The maximum absolute atomic E-state index is 9.37. The molecule has 1 unspecified atom stereocenters. The van der Waals surface area contributed by atoms with Crippen molar-refractivity contribution in [2.45, 2.75) is 6.10 Å². The topological polar surface area (TPSA) is 41.5 Å². The van der Waals surface area contributed by atoms with Crippen LogP contribution in [-0.4, -0.2) is 31.5 Å². The van der Waals surface area contributed by atoms with Crippen LogP contribution < -0.4 is 5.32 Å². The van der Waals surface area contributed by atoms with Crippen LogP contribution in [-0.2, 0) is 4.74 Å². The number of rotatable bonds is 5. The fourth-order valence-electron chi connectivity index (χ4n) is 1.05. The van der Waals surface area contributed by atoms with E-state index in [1.165, 1.54) is 0 Å². The molecule has 78 valence electrons. The van der Waals surface area contributed by atoms with Crippen molar-refractivity contribution in [3.63, 3.8) is 0 Å². The number of hydrogen-bond acceptors (Lipinski definition) is 3. The van der Waals surface area contributed by atoms with Crippen molar-refractivity contribution in [2.24, 2.45) is 0 Å². The van der Waals surface area contributed by atoms with Crippen LogP contribution in [0.3, 0.4) is 0 Å². The van der Waals surface area contributed by atoms with Gasteiger partial charge in [0.1, 0.15) is 0 Å². The lowest BCUT2D eigenvalue weighted by Crippen LogP contribution is -2.24. The quantitative estimate of drug-likeness (QED) is 0.849. The fourth-order valence-corrected chi connectivity index (χ4v) is 1.32. The van der Waals surface area contributed by atoms with E-state index in [2.05, 4.69) is 21.2 Å². The van der Waals surface area contributed by atoms with E-state index < -0.39 is 6.10 Å². The lowest BCUT2D eigenvalue weighted by atomic mass is 10.3. The van der Waals surface area contributed by atoms with Crippen molar-refractivity contribution >= 4 is 21.6 Å². The highest BCUT2D eigenvalue weighted by Crippen LogP contribution is 2.13. The summed E-state index contributed by atoms with van der Waals surface area (Å²) in [7, 11) is 1.57. The molecule has 0 heterocycles. The van der Waals surface area contributed by atoms with Gasteiger partial charge in [0.2, 0.25) is 0 Å². The Morgan fingerprint density at radius 2 is 2.07 bits per heavy atom. The lowest BCUT2D eigenvalue weighted by molar-refractivity contribution is 0.0727. The molecule has 0 amide bonds. The first-order valence-corrected chi connectivity index (χ1v) is 5.18. The van der Waals surface area contributed by atoms with Gasteiger partial charge in [-0.15, -0.1) is 0 Å². The first-order chi connectivity index (χ1) is 6.72. The molecule has 0 saturated heterocycles. The molecule has 0 aliphatic carbocycles. The Kier molecular flexibility index (Phi) is 4.93. The molecule has 2 N–H and O–H groups in total. The molecule has 1 atom stereocenters. The summed E-state index contributed by atoms with van der Waals surface area (Å²) in [6.07, 6.45) is -0.469. The largest absolute Gasteiger partial charge is 0.389 e. The van der Waals surface area contributed by atoms with Crippen LogP contribution in [0, 0.1) is 0 Å². The van der Waals surface area contributed by atoms with Crippen molar-refractivity contribution in [1.29, 1.82) is 0 Å². The van der Waals surface area contributed by atoms with E-state index in [9.17, 15) is 5.11 Å². The minimum absolute atomic E-state index is 0.351. The number of methoxy groups -OCH3 is 1. The summed E-state index contributed by atoms with van der Waals surface area (Å²) in [4.78, 5) is 0. The van der Waals surface area contributed by atoms with Crippen LogP contribution in [0.15, 0.2) is 28.7 Å². The average Bonchev–Trinajstić information content (AvgIpc) is 2.17. The predicted octanol–water partition coefficient (Wildman–Crippen LogP) is 1.87. The molecule has 4 heteroatoms. The van der Waals surface area contributed by atoms with E-state index in [4.69, 9.17) is 4.74 Å². The molecular formula is C10H14BrNO2. The third-order valence-corrected chi connectivity index (χ3v) is 2.27. The summed E-state index contributed by atoms with van der Waals surface area (Å²) in [6.45, 7) is 0.846. The second-order valence-corrected chi connectivity index (χ2v) is 3.91. The average molecular weight is 260 g/mol. The fraction of sp³-hybridized carbons (Fsp3) is 0.400. The van der Waals surface area contributed by atoms with Gasteiger partial charge in [-0.3, -0.25) is 0 Å². The van der Waals surface area contributed by atoms with Gasteiger partial charge in [-0.05, 0) is 24.3 Å². The molecule has 0 fully saturated rings. The maximum Gasteiger partial charge on any atom is 0.0945 e. The van der Waals surface area contributed by atoms with Crippen LogP contribution >= 0.6 is 15.9 Å². The van der Waals surface area contributed by atoms with Crippen molar-refractivity contribution in [2.75, 3.05) is 25.6 Å². The zero-order chi connectivity index (χ0) is 10.4. The number of aliphatic hydroxyl groups is 1. The van der Waals surface area contributed by atoms with Gasteiger partial charge in [-0.25, -0.2) is 0 Å². The van der Waals surface area contributed by atoms with E-state index >= 15 is 0 Å². The number of halogens is 1. The third-order valence-electron chi connectivity index (χ3n) is 1.75. The first-order valence-electron chi connectivity index (χ1n) is 4.39. The molecule has 0 radical (unpaired) electrons. The molecule has 0 aliphatic rings. The van der Waals surface area contributed by atoms with Gasteiger partial charge in [-0.2, -0.15) is 0 Å². The van der Waals surface area contributed by atoms with Gasteiger partial charge >= 0.3 is 0 Å².